The molecule has 0 radical (unpaired) electrons. The second-order valence-electron chi connectivity index (χ2n) is 5.06. The van der Waals surface area contributed by atoms with E-state index in [0.29, 0.717) is 6.54 Å². The molecule has 0 atom stereocenters. The van der Waals surface area contributed by atoms with Crippen molar-refractivity contribution >= 4 is 17.4 Å². The molecular formula is C15H26N4O. The summed E-state index contributed by atoms with van der Waals surface area (Å²) in [4.78, 5) is 18.2. The number of carbonyl (C=O) groups is 1. The van der Waals surface area contributed by atoms with Crippen molar-refractivity contribution in [1.82, 2.24) is 10.3 Å². The highest BCUT2D eigenvalue weighted by Gasteiger charge is 2.11. The lowest BCUT2D eigenvalue weighted by Crippen LogP contribution is -2.40. The van der Waals surface area contributed by atoms with Gasteiger partial charge in [-0.1, -0.05) is 6.92 Å². The molecule has 0 unspecified atom stereocenters. The summed E-state index contributed by atoms with van der Waals surface area (Å²) in [6, 6.07) is 4.09. The van der Waals surface area contributed by atoms with Gasteiger partial charge in [0.15, 0.2) is 0 Å². The molecule has 0 saturated heterocycles. The van der Waals surface area contributed by atoms with Gasteiger partial charge in [-0.05, 0) is 33.3 Å². The van der Waals surface area contributed by atoms with Crippen LogP contribution in [-0.2, 0) is 4.79 Å². The van der Waals surface area contributed by atoms with Crippen molar-refractivity contribution in [2.75, 3.05) is 29.9 Å². The van der Waals surface area contributed by atoms with E-state index < -0.39 is 0 Å². The topological polar surface area (TPSA) is 57.3 Å². The Morgan fingerprint density at radius 3 is 2.75 bits per heavy atom. The minimum Gasteiger partial charge on any atom is -0.370 e. The van der Waals surface area contributed by atoms with Crippen molar-refractivity contribution < 1.29 is 4.79 Å². The number of carbonyl (C=O) groups excluding carboxylic acids is 1. The first-order valence-electron chi connectivity index (χ1n) is 7.31. The predicted octanol–water partition coefficient (Wildman–Crippen LogP) is 2.25. The summed E-state index contributed by atoms with van der Waals surface area (Å²) < 4.78 is 0. The van der Waals surface area contributed by atoms with Crippen LogP contribution in [0.15, 0.2) is 18.3 Å². The van der Waals surface area contributed by atoms with Crippen molar-refractivity contribution in [1.29, 1.82) is 0 Å². The Kier molecular flexibility index (Phi) is 6.84. The molecule has 20 heavy (non-hydrogen) atoms. The van der Waals surface area contributed by atoms with E-state index in [1.807, 2.05) is 37.8 Å². The summed E-state index contributed by atoms with van der Waals surface area (Å²) in [6.45, 7) is 10.1. The average Bonchev–Trinajstić information content (AvgIpc) is 2.42. The van der Waals surface area contributed by atoms with E-state index in [4.69, 9.17) is 0 Å². The molecule has 1 aromatic heterocycles. The highest BCUT2D eigenvalue weighted by Crippen LogP contribution is 2.16. The fourth-order valence-electron chi connectivity index (χ4n) is 1.89. The third-order valence-corrected chi connectivity index (χ3v) is 2.83. The van der Waals surface area contributed by atoms with Gasteiger partial charge in [0, 0.05) is 37.1 Å². The Morgan fingerprint density at radius 2 is 2.15 bits per heavy atom. The molecule has 2 N–H and O–H groups in total. The van der Waals surface area contributed by atoms with E-state index >= 15 is 0 Å². The molecule has 1 heterocycles. The summed E-state index contributed by atoms with van der Waals surface area (Å²) in [5, 5.41) is 6.18. The Balaban J connectivity index is 2.71. The van der Waals surface area contributed by atoms with Gasteiger partial charge >= 0.3 is 0 Å². The fraction of sp³-hybridized carbons (Fsp3) is 0.600. The molecule has 0 aromatic carbocycles. The predicted molar refractivity (Wildman–Crippen MR) is 84.2 cm³/mol. The van der Waals surface area contributed by atoms with Crippen LogP contribution in [0.1, 0.15) is 34.1 Å². The van der Waals surface area contributed by atoms with E-state index in [0.717, 1.165) is 31.0 Å². The standard InChI is InChI=1S/C15H26N4O/c1-5-8-16-14-10-13(7-9-17-14)19(6-2)11-15(20)18-12(3)4/h7,9-10,12H,5-6,8,11H2,1-4H3,(H,16,17)(H,18,20). The minimum atomic E-state index is 0.0433. The lowest BCUT2D eigenvalue weighted by Gasteiger charge is -2.23. The van der Waals surface area contributed by atoms with Crippen molar-refractivity contribution in [3.05, 3.63) is 18.3 Å². The van der Waals surface area contributed by atoms with Crippen LogP contribution in [0.4, 0.5) is 11.5 Å². The summed E-state index contributed by atoms with van der Waals surface area (Å²) in [7, 11) is 0. The molecular weight excluding hydrogens is 252 g/mol. The van der Waals surface area contributed by atoms with Crippen LogP contribution in [0.25, 0.3) is 0 Å². The molecule has 0 aliphatic rings. The second kappa shape index (κ2) is 8.40. The number of likely N-dealkylation sites (N-methyl/N-ethyl adjacent to an activating group) is 1. The average molecular weight is 278 g/mol. The van der Waals surface area contributed by atoms with Crippen LogP contribution in [-0.4, -0.2) is 36.6 Å². The number of nitrogens with zero attached hydrogens (tertiary/aromatic N) is 2. The number of amides is 1. The molecule has 112 valence electrons. The minimum absolute atomic E-state index is 0.0433. The molecule has 5 heteroatoms. The van der Waals surface area contributed by atoms with Crippen LogP contribution in [0.3, 0.4) is 0 Å². The van der Waals surface area contributed by atoms with Gasteiger partial charge in [0.2, 0.25) is 5.91 Å². The van der Waals surface area contributed by atoms with Crippen molar-refractivity contribution in [3.8, 4) is 0 Å². The summed E-state index contributed by atoms with van der Waals surface area (Å²) >= 11 is 0. The van der Waals surface area contributed by atoms with E-state index in [1.165, 1.54) is 0 Å². The lowest BCUT2D eigenvalue weighted by molar-refractivity contribution is -0.120. The number of nitrogens with one attached hydrogen (secondary N) is 2. The maximum absolute atomic E-state index is 11.9. The maximum Gasteiger partial charge on any atom is 0.239 e. The smallest absolute Gasteiger partial charge is 0.239 e. The molecule has 0 bridgehead atoms. The van der Waals surface area contributed by atoms with Gasteiger partial charge < -0.3 is 15.5 Å². The van der Waals surface area contributed by atoms with Gasteiger partial charge in [0.1, 0.15) is 5.82 Å². The summed E-state index contributed by atoms with van der Waals surface area (Å²) in [6.07, 6.45) is 2.83. The van der Waals surface area contributed by atoms with Crippen LogP contribution in [0.5, 0.6) is 0 Å². The highest BCUT2D eigenvalue weighted by atomic mass is 16.2. The normalized spacial score (nSPS) is 10.4. The third kappa shape index (κ3) is 5.47. The zero-order valence-corrected chi connectivity index (χ0v) is 12.9. The lowest BCUT2D eigenvalue weighted by atomic mass is 10.3. The van der Waals surface area contributed by atoms with Crippen LogP contribution < -0.4 is 15.5 Å². The number of anilines is 2. The Hall–Kier alpha value is -1.78. The quantitative estimate of drug-likeness (QED) is 0.766. The van der Waals surface area contributed by atoms with Crippen LogP contribution in [0.2, 0.25) is 0 Å². The monoisotopic (exact) mass is 278 g/mol. The summed E-state index contributed by atoms with van der Waals surface area (Å²) in [5.74, 6) is 0.897. The van der Waals surface area contributed by atoms with Crippen LogP contribution in [0, 0.1) is 0 Å². The number of pyridine rings is 1. The first-order valence-corrected chi connectivity index (χ1v) is 7.31. The molecule has 1 aromatic rings. The second-order valence-corrected chi connectivity index (χ2v) is 5.06. The van der Waals surface area contributed by atoms with E-state index in [2.05, 4.69) is 22.5 Å². The van der Waals surface area contributed by atoms with Gasteiger partial charge in [-0.25, -0.2) is 4.98 Å². The molecule has 0 fully saturated rings. The third-order valence-electron chi connectivity index (χ3n) is 2.83. The van der Waals surface area contributed by atoms with Gasteiger partial charge in [-0.15, -0.1) is 0 Å². The molecule has 0 spiro atoms. The first-order chi connectivity index (χ1) is 9.56. The van der Waals surface area contributed by atoms with Gasteiger partial charge in [-0.3, -0.25) is 4.79 Å². The van der Waals surface area contributed by atoms with E-state index in [-0.39, 0.29) is 11.9 Å². The van der Waals surface area contributed by atoms with E-state index in [1.54, 1.807) is 6.20 Å². The SMILES string of the molecule is CCCNc1cc(N(CC)CC(=O)NC(C)C)ccn1. The first kappa shape index (κ1) is 16.3. The Labute approximate surface area is 121 Å². The molecule has 0 aliphatic heterocycles. The molecule has 0 saturated carbocycles. The number of hydrogen-bond donors (Lipinski definition) is 2. The van der Waals surface area contributed by atoms with E-state index in [9.17, 15) is 4.79 Å². The van der Waals surface area contributed by atoms with Crippen LogP contribution >= 0.6 is 0 Å². The number of aromatic nitrogens is 1. The Morgan fingerprint density at radius 1 is 1.40 bits per heavy atom. The molecule has 5 nitrogen and oxygen atoms in total. The van der Waals surface area contributed by atoms with Gasteiger partial charge in [-0.2, -0.15) is 0 Å². The fourth-order valence-corrected chi connectivity index (χ4v) is 1.89. The van der Waals surface area contributed by atoms with Gasteiger partial charge in [0.05, 0.1) is 6.54 Å². The molecule has 0 aliphatic carbocycles. The Bertz CT molecular complexity index is 420. The van der Waals surface area contributed by atoms with Crippen molar-refractivity contribution in [2.24, 2.45) is 0 Å². The number of rotatable bonds is 8. The zero-order valence-electron chi connectivity index (χ0n) is 12.9. The maximum atomic E-state index is 11.9. The van der Waals surface area contributed by atoms with Gasteiger partial charge in [0.25, 0.3) is 0 Å². The molecule has 1 rings (SSSR count). The summed E-state index contributed by atoms with van der Waals surface area (Å²) in [5.41, 5.74) is 1.01. The van der Waals surface area contributed by atoms with Crippen molar-refractivity contribution in [3.63, 3.8) is 0 Å². The number of hydrogen-bond acceptors (Lipinski definition) is 4. The molecule has 1 amide bonds. The highest BCUT2D eigenvalue weighted by molar-refractivity contribution is 5.81. The zero-order chi connectivity index (χ0) is 15.0. The largest absolute Gasteiger partial charge is 0.370 e. The van der Waals surface area contributed by atoms with Crippen molar-refractivity contribution in [2.45, 2.75) is 40.2 Å².